The summed E-state index contributed by atoms with van der Waals surface area (Å²) in [6.07, 6.45) is 4.23. The van der Waals surface area contributed by atoms with Gasteiger partial charge in [-0.1, -0.05) is 20.3 Å². The number of hydrogen-bond donors (Lipinski definition) is 1. The summed E-state index contributed by atoms with van der Waals surface area (Å²) in [6, 6.07) is 0. The quantitative estimate of drug-likeness (QED) is 0.705. The molecule has 1 rings (SSSR count). The summed E-state index contributed by atoms with van der Waals surface area (Å²) in [4.78, 5) is 2.36. The molecule has 2 heteroatoms. The van der Waals surface area contributed by atoms with Gasteiger partial charge >= 0.3 is 0 Å². The molecular weight excluding hydrogens is 162 g/mol. The Morgan fingerprint density at radius 3 is 2.38 bits per heavy atom. The minimum absolute atomic E-state index is 0.0541. The zero-order valence-corrected chi connectivity index (χ0v) is 9.21. The second kappa shape index (κ2) is 4.43. The van der Waals surface area contributed by atoms with Crippen molar-refractivity contribution in [1.82, 2.24) is 4.90 Å². The van der Waals surface area contributed by atoms with E-state index in [1.807, 2.05) is 0 Å². The molecule has 0 bridgehead atoms. The van der Waals surface area contributed by atoms with Gasteiger partial charge in [0, 0.05) is 25.1 Å². The van der Waals surface area contributed by atoms with Gasteiger partial charge in [0.15, 0.2) is 0 Å². The van der Waals surface area contributed by atoms with Crippen molar-refractivity contribution in [3.8, 4) is 0 Å². The molecule has 0 amide bonds. The van der Waals surface area contributed by atoms with Crippen molar-refractivity contribution in [2.24, 2.45) is 11.3 Å². The van der Waals surface area contributed by atoms with E-state index in [-0.39, 0.29) is 12.0 Å². The largest absolute Gasteiger partial charge is 0.396 e. The standard InChI is InChI=1S/C11H23NO/c1-11(2,9-13)8-12(3)7-10-5-4-6-10/h10,13H,4-9H2,1-3H3. The fourth-order valence-corrected chi connectivity index (χ4v) is 1.96. The van der Waals surface area contributed by atoms with Gasteiger partial charge in [-0.05, 0) is 25.8 Å². The molecular formula is C11H23NO. The minimum atomic E-state index is 0.0541. The summed E-state index contributed by atoms with van der Waals surface area (Å²) in [7, 11) is 2.16. The van der Waals surface area contributed by atoms with E-state index in [9.17, 15) is 0 Å². The highest BCUT2D eigenvalue weighted by Gasteiger charge is 2.23. The molecule has 0 heterocycles. The third kappa shape index (κ3) is 3.65. The molecule has 0 unspecified atom stereocenters. The highest BCUT2D eigenvalue weighted by Crippen LogP contribution is 2.27. The maximum atomic E-state index is 9.12. The molecule has 1 saturated carbocycles. The van der Waals surface area contributed by atoms with E-state index in [1.165, 1.54) is 25.8 Å². The van der Waals surface area contributed by atoms with Gasteiger partial charge in [-0.25, -0.2) is 0 Å². The zero-order chi connectivity index (χ0) is 9.90. The third-order valence-electron chi connectivity index (χ3n) is 2.92. The van der Waals surface area contributed by atoms with Gasteiger partial charge in [0.25, 0.3) is 0 Å². The second-order valence-corrected chi connectivity index (χ2v) is 5.32. The first-order chi connectivity index (χ1) is 6.03. The van der Waals surface area contributed by atoms with Crippen LogP contribution in [0.4, 0.5) is 0 Å². The summed E-state index contributed by atoms with van der Waals surface area (Å²) in [6.45, 7) is 6.72. The summed E-state index contributed by atoms with van der Waals surface area (Å²) in [5.74, 6) is 0.930. The Morgan fingerprint density at radius 2 is 2.00 bits per heavy atom. The van der Waals surface area contributed by atoms with Crippen molar-refractivity contribution in [2.75, 3.05) is 26.7 Å². The van der Waals surface area contributed by atoms with E-state index in [4.69, 9.17) is 5.11 Å². The fourth-order valence-electron chi connectivity index (χ4n) is 1.96. The van der Waals surface area contributed by atoms with Crippen molar-refractivity contribution in [1.29, 1.82) is 0 Å². The van der Waals surface area contributed by atoms with Gasteiger partial charge in [-0.2, -0.15) is 0 Å². The average molecular weight is 185 g/mol. The number of rotatable bonds is 5. The first kappa shape index (κ1) is 11.0. The van der Waals surface area contributed by atoms with Crippen LogP contribution in [0.15, 0.2) is 0 Å². The summed E-state index contributed by atoms with van der Waals surface area (Å²) < 4.78 is 0. The molecule has 0 aromatic rings. The van der Waals surface area contributed by atoms with Crippen LogP contribution in [-0.2, 0) is 0 Å². The molecule has 1 fully saturated rings. The lowest BCUT2D eigenvalue weighted by atomic mass is 9.84. The molecule has 1 aliphatic carbocycles. The van der Waals surface area contributed by atoms with Crippen LogP contribution in [0.3, 0.4) is 0 Å². The van der Waals surface area contributed by atoms with E-state index < -0.39 is 0 Å². The van der Waals surface area contributed by atoms with Gasteiger partial charge in [-0.15, -0.1) is 0 Å². The molecule has 0 aromatic carbocycles. The average Bonchev–Trinajstić information content (AvgIpc) is 1.96. The lowest BCUT2D eigenvalue weighted by molar-refractivity contribution is 0.0978. The number of aliphatic hydroxyl groups is 1. The summed E-state index contributed by atoms with van der Waals surface area (Å²) >= 11 is 0. The number of hydrogen-bond acceptors (Lipinski definition) is 2. The van der Waals surface area contributed by atoms with Crippen LogP contribution in [0.5, 0.6) is 0 Å². The summed E-state index contributed by atoms with van der Waals surface area (Å²) in [5.41, 5.74) is 0.0541. The SMILES string of the molecule is CN(CC1CCC1)CC(C)(C)CO. The zero-order valence-electron chi connectivity index (χ0n) is 9.21. The normalized spacial score (nSPS) is 19.2. The predicted molar refractivity (Wildman–Crippen MR) is 55.7 cm³/mol. The maximum absolute atomic E-state index is 9.12. The molecule has 0 radical (unpaired) electrons. The lowest BCUT2D eigenvalue weighted by Gasteiger charge is -2.34. The second-order valence-electron chi connectivity index (χ2n) is 5.32. The van der Waals surface area contributed by atoms with Crippen molar-refractivity contribution < 1.29 is 5.11 Å². The highest BCUT2D eigenvalue weighted by molar-refractivity contribution is 4.76. The van der Waals surface area contributed by atoms with Crippen LogP contribution in [-0.4, -0.2) is 36.8 Å². The monoisotopic (exact) mass is 185 g/mol. The molecule has 0 aromatic heterocycles. The Hall–Kier alpha value is -0.0800. The minimum Gasteiger partial charge on any atom is -0.396 e. The topological polar surface area (TPSA) is 23.5 Å². The Labute approximate surface area is 81.9 Å². The lowest BCUT2D eigenvalue weighted by Crippen LogP contribution is -2.38. The molecule has 78 valence electrons. The Kier molecular flexibility index (Phi) is 3.74. The first-order valence-corrected chi connectivity index (χ1v) is 5.33. The molecule has 0 aliphatic heterocycles. The van der Waals surface area contributed by atoms with Crippen LogP contribution in [0.1, 0.15) is 33.1 Å². The van der Waals surface area contributed by atoms with Crippen LogP contribution in [0, 0.1) is 11.3 Å². The predicted octanol–water partition coefficient (Wildman–Crippen LogP) is 1.74. The molecule has 13 heavy (non-hydrogen) atoms. The number of aliphatic hydroxyl groups excluding tert-OH is 1. The molecule has 1 N–H and O–H groups in total. The van der Waals surface area contributed by atoms with Crippen molar-refractivity contribution in [3.05, 3.63) is 0 Å². The van der Waals surface area contributed by atoms with Gasteiger partial charge in [0.1, 0.15) is 0 Å². The van der Waals surface area contributed by atoms with E-state index >= 15 is 0 Å². The fraction of sp³-hybridized carbons (Fsp3) is 1.00. The van der Waals surface area contributed by atoms with Crippen LogP contribution in [0.2, 0.25) is 0 Å². The van der Waals surface area contributed by atoms with Crippen molar-refractivity contribution in [2.45, 2.75) is 33.1 Å². The third-order valence-corrected chi connectivity index (χ3v) is 2.92. The van der Waals surface area contributed by atoms with E-state index in [2.05, 4.69) is 25.8 Å². The molecule has 1 aliphatic rings. The van der Waals surface area contributed by atoms with E-state index in [1.54, 1.807) is 0 Å². The van der Waals surface area contributed by atoms with Crippen molar-refractivity contribution in [3.63, 3.8) is 0 Å². The maximum Gasteiger partial charge on any atom is 0.0494 e. The van der Waals surface area contributed by atoms with Gasteiger partial charge in [0.05, 0.1) is 0 Å². The van der Waals surface area contributed by atoms with Crippen molar-refractivity contribution >= 4 is 0 Å². The smallest absolute Gasteiger partial charge is 0.0494 e. The molecule has 2 nitrogen and oxygen atoms in total. The van der Waals surface area contributed by atoms with Crippen LogP contribution in [0.25, 0.3) is 0 Å². The van der Waals surface area contributed by atoms with Gasteiger partial charge < -0.3 is 10.0 Å². The summed E-state index contributed by atoms with van der Waals surface area (Å²) in [5, 5.41) is 9.12. The number of nitrogens with zero attached hydrogens (tertiary/aromatic N) is 1. The highest BCUT2D eigenvalue weighted by atomic mass is 16.3. The van der Waals surface area contributed by atoms with Gasteiger partial charge in [-0.3, -0.25) is 0 Å². The molecule has 0 spiro atoms. The van der Waals surface area contributed by atoms with E-state index in [0.29, 0.717) is 0 Å². The van der Waals surface area contributed by atoms with E-state index in [0.717, 1.165) is 12.5 Å². The van der Waals surface area contributed by atoms with Crippen LogP contribution >= 0.6 is 0 Å². The molecule has 0 atom stereocenters. The van der Waals surface area contributed by atoms with Crippen LogP contribution < -0.4 is 0 Å². The Bertz CT molecular complexity index is 152. The first-order valence-electron chi connectivity index (χ1n) is 5.33. The Balaban J connectivity index is 2.19. The Morgan fingerprint density at radius 1 is 1.38 bits per heavy atom. The molecule has 0 saturated heterocycles. The van der Waals surface area contributed by atoms with Gasteiger partial charge in [0.2, 0.25) is 0 Å².